The molecule has 5 heteroatoms. The summed E-state index contributed by atoms with van der Waals surface area (Å²) >= 11 is 0. The van der Waals surface area contributed by atoms with Gasteiger partial charge in [0.2, 0.25) is 5.88 Å². The van der Waals surface area contributed by atoms with Crippen LogP contribution >= 0.6 is 0 Å². The predicted molar refractivity (Wildman–Crippen MR) is 88.0 cm³/mol. The summed E-state index contributed by atoms with van der Waals surface area (Å²) in [5.74, 6) is 1.52. The number of anilines is 2. The monoisotopic (exact) mass is 292 g/mol. The molecule has 0 radical (unpaired) electrons. The lowest BCUT2D eigenvalue weighted by atomic mass is 10.2. The molecule has 1 aromatic heterocycles. The van der Waals surface area contributed by atoms with Crippen LogP contribution in [0.2, 0.25) is 0 Å². The second-order valence-electron chi connectivity index (χ2n) is 5.84. The number of rotatable bonds is 6. The lowest BCUT2D eigenvalue weighted by molar-refractivity contribution is 0.231. The second kappa shape index (κ2) is 6.98. The van der Waals surface area contributed by atoms with Crippen molar-refractivity contribution in [2.45, 2.75) is 46.3 Å². The summed E-state index contributed by atoms with van der Waals surface area (Å²) in [4.78, 5) is 9.45. The van der Waals surface area contributed by atoms with Gasteiger partial charge in [-0.25, -0.2) is 0 Å². The molecule has 0 aromatic carbocycles. The molecule has 0 saturated carbocycles. The summed E-state index contributed by atoms with van der Waals surface area (Å²) in [6.07, 6.45) is 1.27. The highest BCUT2D eigenvalue weighted by atomic mass is 16.5. The maximum absolute atomic E-state index is 5.94. The Labute approximate surface area is 128 Å². The molecule has 1 aliphatic rings. The molecule has 0 bridgehead atoms. The zero-order valence-electron chi connectivity index (χ0n) is 13.7. The first-order valence-electron chi connectivity index (χ1n) is 7.97. The third kappa shape index (κ3) is 3.79. The fourth-order valence-electron chi connectivity index (χ4n) is 2.92. The molecule has 2 N–H and O–H groups in total. The van der Waals surface area contributed by atoms with Crippen LogP contribution in [0, 0.1) is 0 Å². The molecule has 1 atom stereocenters. The molecule has 118 valence electrons. The normalized spacial score (nSPS) is 18.8. The largest absolute Gasteiger partial charge is 0.473 e. The predicted octanol–water partition coefficient (Wildman–Crippen LogP) is 2.37. The highest BCUT2D eigenvalue weighted by molar-refractivity contribution is 5.55. The maximum Gasteiger partial charge on any atom is 0.239 e. The summed E-state index contributed by atoms with van der Waals surface area (Å²) in [6.45, 7) is 12.7. The van der Waals surface area contributed by atoms with Gasteiger partial charge < -0.3 is 15.4 Å². The highest BCUT2D eigenvalue weighted by Crippen LogP contribution is 2.27. The minimum atomic E-state index is 0.0806. The molecule has 0 aliphatic carbocycles. The standard InChI is InChI=1S/C16H28N4O/c1-5-19(6-2)13-9-10-20(11-13)15-8-7-14(17)16(18-15)21-12(3)4/h7-8,12-13H,5-6,9-11,17H2,1-4H3. The summed E-state index contributed by atoms with van der Waals surface area (Å²) in [5, 5.41) is 0. The average Bonchev–Trinajstić information content (AvgIpc) is 2.92. The third-order valence-corrected chi connectivity index (χ3v) is 4.04. The molecule has 0 amide bonds. The maximum atomic E-state index is 5.94. The molecule has 1 aromatic rings. The Kier molecular flexibility index (Phi) is 5.28. The van der Waals surface area contributed by atoms with E-state index in [9.17, 15) is 0 Å². The Balaban J connectivity index is 2.09. The zero-order chi connectivity index (χ0) is 15.4. The van der Waals surface area contributed by atoms with E-state index in [0.717, 1.165) is 32.0 Å². The molecule has 5 nitrogen and oxygen atoms in total. The minimum absolute atomic E-state index is 0.0806. The van der Waals surface area contributed by atoms with Crippen LogP contribution in [0.4, 0.5) is 11.5 Å². The molecule has 2 heterocycles. The van der Waals surface area contributed by atoms with E-state index < -0.39 is 0 Å². The quantitative estimate of drug-likeness (QED) is 0.872. The molecule has 2 rings (SSSR count). The van der Waals surface area contributed by atoms with Crippen LogP contribution in [-0.4, -0.2) is 48.2 Å². The summed E-state index contributed by atoms with van der Waals surface area (Å²) in [7, 11) is 0. The van der Waals surface area contributed by atoms with Gasteiger partial charge >= 0.3 is 0 Å². The summed E-state index contributed by atoms with van der Waals surface area (Å²) in [6, 6.07) is 4.51. The van der Waals surface area contributed by atoms with Gasteiger partial charge in [-0.15, -0.1) is 0 Å². The lowest BCUT2D eigenvalue weighted by Crippen LogP contribution is -2.37. The van der Waals surface area contributed by atoms with E-state index in [-0.39, 0.29) is 6.10 Å². The molecule has 1 unspecified atom stereocenters. The van der Waals surface area contributed by atoms with Gasteiger partial charge in [0.05, 0.1) is 11.8 Å². The summed E-state index contributed by atoms with van der Waals surface area (Å²) < 4.78 is 5.69. The minimum Gasteiger partial charge on any atom is -0.473 e. The van der Waals surface area contributed by atoms with Crippen LogP contribution < -0.4 is 15.4 Å². The Hall–Kier alpha value is -1.49. The number of hydrogen-bond donors (Lipinski definition) is 1. The first kappa shape index (κ1) is 15.9. The molecule has 1 saturated heterocycles. The SMILES string of the molecule is CCN(CC)C1CCN(c2ccc(N)c(OC(C)C)n2)C1. The lowest BCUT2D eigenvalue weighted by Gasteiger charge is -2.26. The Morgan fingerprint density at radius 2 is 2.10 bits per heavy atom. The zero-order valence-corrected chi connectivity index (χ0v) is 13.7. The average molecular weight is 292 g/mol. The van der Waals surface area contributed by atoms with Crippen molar-refractivity contribution >= 4 is 11.5 Å². The van der Waals surface area contributed by atoms with Crippen LogP contribution in [0.1, 0.15) is 34.1 Å². The van der Waals surface area contributed by atoms with Crippen molar-refractivity contribution in [3.05, 3.63) is 12.1 Å². The van der Waals surface area contributed by atoms with Gasteiger partial charge in [-0.1, -0.05) is 13.8 Å². The van der Waals surface area contributed by atoms with Crippen molar-refractivity contribution < 1.29 is 4.74 Å². The van der Waals surface area contributed by atoms with Crippen molar-refractivity contribution in [3.63, 3.8) is 0 Å². The van der Waals surface area contributed by atoms with E-state index in [1.165, 1.54) is 6.42 Å². The Morgan fingerprint density at radius 3 is 2.71 bits per heavy atom. The van der Waals surface area contributed by atoms with Gasteiger partial charge in [-0.05, 0) is 45.5 Å². The summed E-state index contributed by atoms with van der Waals surface area (Å²) in [5.41, 5.74) is 6.54. The number of ether oxygens (including phenoxy) is 1. The number of nitrogens with zero attached hydrogens (tertiary/aromatic N) is 3. The number of hydrogen-bond acceptors (Lipinski definition) is 5. The van der Waals surface area contributed by atoms with Crippen molar-refractivity contribution in [2.24, 2.45) is 0 Å². The van der Waals surface area contributed by atoms with Gasteiger partial charge in [-0.3, -0.25) is 4.90 Å². The fourth-order valence-corrected chi connectivity index (χ4v) is 2.92. The van der Waals surface area contributed by atoms with Crippen LogP contribution in [0.25, 0.3) is 0 Å². The van der Waals surface area contributed by atoms with Gasteiger partial charge in [0.25, 0.3) is 0 Å². The van der Waals surface area contributed by atoms with Gasteiger partial charge in [-0.2, -0.15) is 4.98 Å². The first-order chi connectivity index (χ1) is 10.0. The number of likely N-dealkylation sites (N-methyl/N-ethyl adjacent to an activating group) is 1. The topological polar surface area (TPSA) is 54.6 Å². The van der Waals surface area contributed by atoms with E-state index >= 15 is 0 Å². The smallest absolute Gasteiger partial charge is 0.239 e. The first-order valence-corrected chi connectivity index (χ1v) is 7.97. The van der Waals surface area contributed by atoms with Crippen LogP contribution in [0.15, 0.2) is 12.1 Å². The van der Waals surface area contributed by atoms with Crippen molar-refractivity contribution in [1.82, 2.24) is 9.88 Å². The van der Waals surface area contributed by atoms with Crippen molar-refractivity contribution in [1.29, 1.82) is 0 Å². The van der Waals surface area contributed by atoms with Gasteiger partial charge in [0.1, 0.15) is 5.82 Å². The van der Waals surface area contributed by atoms with E-state index in [1.807, 2.05) is 26.0 Å². The third-order valence-electron chi connectivity index (χ3n) is 4.04. The second-order valence-corrected chi connectivity index (χ2v) is 5.84. The highest BCUT2D eigenvalue weighted by Gasteiger charge is 2.27. The van der Waals surface area contributed by atoms with E-state index in [1.54, 1.807) is 0 Å². The fraction of sp³-hybridized carbons (Fsp3) is 0.688. The van der Waals surface area contributed by atoms with Crippen molar-refractivity contribution in [3.8, 4) is 5.88 Å². The number of pyridine rings is 1. The van der Waals surface area contributed by atoms with E-state index in [2.05, 4.69) is 28.6 Å². The molecule has 1 fully saturated rings. The molecule has 21 heavy (non-hydrogen) atoms. The van der Waals surface area contributed by atoms with Gasteiger partial charge in [0.15, 0.2) is 0 Å². The van der Waals surface area contributed by atoms with Crippen LogP contribution in [-0.2, 0) is 0 Å². The van der Waals surface area contributed by atoms with E-state index in [0.29, 0.717) is 17.6 Å². The number of nitrogen functional groups attached to an aromatic ring is 1. The van der Waals surface area contributed by atoms with Crippen LogP contribution in [0.5, 0.6) is 5.88 Å². The number of aromatic nitrogens is 1. The Morgan fingerprint density at radius 1 is 1.38 bits per heavy atom. The molecule has 0 spiro atoms. The molecular weight excluding hydrogens is 264 g/mol. The Bertz CT molecular complexity index is 460. The molecular formula is C16H28N4O. The van der Waals surface area contributed by atoms with Gasteiger partial charge in [0, 0.05) is 19.1 Å². The van der Waals surface area contributed by atoms with Crippen LogP contribution in [0.3, 0.4) is 0 Å². The number of nitrogens with two attached hydrogens (primary N) is 1. The van der Waals surface area contributed by atoms with Crippen molar-refractivity contribution in [2.75, 3.05) is 36.8 Å². The van der Waals surface area contributed by atoms with E-state index in [4.69, 9.17) is 10.5 Å². The molecule has 1 aliphatic heterocycles.